The standard InChI is InChI=1S/C16H32N2O6S/c1-7-9-13(10-8-2)12-18(15(20)24-16(3,4)5)25(21,22)17-11-14(19)23-6/h13,17H,7-12H2,1-6H3. The molecular weight excluding hydrogens is 348 g/mol. The Balaban J connectivity index is 5.42. The molecule has 0 rings (SSSR count). The van der Waals surface area contributed by atoms with Gasteiger partial charge in [0.25, 0.3) is 0 Å². The van der Waals surface area contributed by atoms with Gasteiger partial charge in [-0.05, 0) is 39.5 Å². The van der Waals surface area contributed by atoms with E-state index in [9.17, 15) is 18.0 Å². The third-order valence-electron chi connectivity index (χ3n) is 3.33. The van der Waals surface area contributed by atoms with E-state index in [1.165, 1.54) is 0 Å². The Morgan fingerprint density at radius 1 is 1.12 bits per heavy atom. The predicted molar refractivity (Wildman–Crippen MR) is 95.2 cm³/mol. The number of nitrogens with zero attached hydrogens (tertiary/aromatic N) is 1. The zero-order valence-corrected chi connectivity index (χ0v) is 16.9. The minimum absolute atomic E-state index is 0.00704. The van der Waals surface area contributed by atoms with Crippen molar-refractivity contribution >= 4 is 22.3 Å². The Hall–Kier alpha value is -1.35. The van der Waals surface area contributed by atoms with Crippen LogP contribution in [0.2, 0.25) is 0 Å². The molecule has 0 fully saturated rings. The van der Waals surface area contributed by atoms with Gasteiger partial charge in [0.15, 0.2) is 0 Å². The van der Waals surface area contributed by atoms with Gasteiger partial charge >= 0.3 is 22.3 Å². The quantitative estimate of drug-likeness (QED) is 0.584. The topological polar surface area (TPSA) is 102 Å². The van der Waals surface area contributed by atoms with Crippen molar-refractivity contribution < 1.29 is 27.5 Å². The van der Waals surface area contributed by atoms with Gasteiger partial charge in [0.05, 0.1) is 7.11 Å². The van der Waals surface area contributed by atoms with Crippen molar-refractivity contribution in [3.63, 3.8) is 0 Å². The first-order chi connectivity index (χ1) is 11.5. The van der Waals surface area contributed by atoms with E-state index in [0.717, 1.165) is 32.8 Å². The van der Waals surface area contributed by atoms with E-state index in [1.807, 2.05) is 13.8 Å². The van der Waals surface area contributed by atoms with Gasteiger partial charge in [0, 0.05) is 6.54 Å². The Bertz CT molecular complexity index is 521. The van der Waals surface area contributed by atoms with Crippen LogP contribution in [-0.2, 0) is 24.5 Å². The number of rotatable bonds is 10. The molecule has 0 heterocycles. The van der Waals surface area contributed by atoms with Crippen LogP contribution in [0.3, 0.4) is 0 Å². The lowest BCUT2D eigenvalue weighted by Crippen LogP contribution is -2.49. The molecule has 0 saturated heterocycles. The summed E-state index contributed by atoms with van der Waals surface area (Å²) in [6, 6.07) is 0. The number of carbonyl (C=O) groups is 2. The van der Waals surface area contributed by atoms with Crippen molar-refractivity contribution in [2.45, 2.75) is 65.9 Å². The molecule has 0 unspecified atom stereocenters. The molecule has 0 spiro atoms. The molecule has 0 aliphatic heterocycles. The first kappa shape index (κ1) is 23.6. The maximum absolute atomic E-state index is 12.5. The normalized spacial score (nSPS) is 12.1. The number of carbonyl (C=O) groups excluding carboxylic acids is 2. The summed E-state index contributed by atoms with van der Waals surface area (Å²) in [5.41, 5.74) is -0.835. The van der Waals surface area contributed by atoms with Crippen LogP contribution >= 0.6 is 0 Å². The summed E-state index contributed by atoms with van der Waals surface area (Å²) < 4.78 is 37.5. The van der Waals surface area contributed by atoms with Gasteiger partial charge in [-0.2, -0.15) is 17.4 Å². The molecule has 0 bridgehead atoms. The van der Waals surface area contributed by atoms with E-state index >= 15 is 0 Å². The summed E-state index contributed by atoms with van der Waals surface area (Å²) in [7, 11) is -3.07. The number of nitrogens with one attached hydrogen (secondary N) is 1. The first-order valence-electron chi connectivity index (χ1n) is 8.53. The molecule has 0 aliphatic rings. The minimum Gasteiger partial charge on any atom is -0.468 e. The van der Waals surface area contributed by atoms with Gasteiger partial charge in [0.1, 0.15) is 12.1 Å². The Kier molecular flexibility index (Phi) is 10.0. The molecule has 1 N–H and O–H groups in total. The average molecular weight is 381 g/mol. The number of methoxy groups -OCH3 is 1. The number of hydrogen-bond donors (Lipinski definition) is 1. The fourth-order valence-electron chi connectivity index (χ4n) is 2.26. The number of amides is 1. The van der Waals surface area contributed by atoms with Gasteiger partial charge < -0.3 is 9.47 Å². The lowest BCUT2D eigenvalue weighted by atomic mass is 9.98. The van der Waals surface area contributed by atoms with Crippen molar-refractivity contribution in [1.82, 2.24) is 9.03 Å². The second kappa shape index (κ2) is 10.6. The number of ether oxygens (including phenoxy) is 2. The number of hydrogen-bond acceptors (Lipinski definition) is 6. The molecule has 0 atom stereocenters. The van der Waals surface area contributed by atoms with Crippen molar-refractivity contribution in [1.29, 1.82) is 0 Å². The minimum atomic E-state index is -4.22. The van der Waals surface area contributed by atoms with Gasteiger partial charge in [0.2, 0.25) is 0 Å². The van der Waals surface area contributed by atoms with E-state index in [1.54, 1.807) is 20.8 Å². The zero-order valence-electron chi connectivity index (χ0n) is 16.1. The van der Waals surface area contributed by atoms with E-state index in [0.29, 0.717) is 4.31 Å². The zero-order chi connectivity index (χ0) is 19.7. The molecule has 0 saturated carbocycles. The molecule has 25 heavy (non-hydrogen) atoms. The van der Waals surface area contributed by atoms with E-state index < -0.39 is 34.4 Å². The molecule has 0 radical (unpaired) electrons. The molecule has 0 aromatic heterocycles. The second-order valence-corrected chi connectivity index (χ2v) is 8.54. The summed E-state index contributed by atoms with van der Waals surface area (Å²) >= 11 is 0. The van der Waals surface area contributed by atoms with Gasteiger partial charge in [-0.3, -0.25) is 4.79 Å². The highest BCUT2D eigenvalue weighted by molar-refractivity contribution is 7.87. The molecule has 0 aromatic carbocycles. The fraction of sp³-hybridized carbons (Fsp3) is 0.875. The smallest absolute Gasteiger partial charge is 0.425 e. The fourth-order valence-corrected chi connectivity index (χ4v) is 3.36. The number of esters is 1. The van der Waals surface area contributed by atoms with E-state index in [2.05, 4.69) is 9.46 Å². The van der Waals surface area contributed by atoms with Crippen LogP contribution in [0, 0.1) is 5.92 Å². The van der Waals surface area contributed by atoms with Crippen molar-refractivity contribution in [3.8, 4) is 0 Å². The van der Waals surface area contributed by atoms with Crippen LogP contribution < -0.4 is 4.72 Å². The predicted octanol–water partition coefficient (Wildman–Crippen LogP) is 2.45. The molecule has 1 amide bonds. The lowest BCUT2D eigenvalue weighted by molar-refractivity contribution is -0.139. The Morgan fingerprint density at radius 3 is 2.04 bits per heavy atom. The van der Waals surface area contributed by atoms with Crippen molar-refractivity contribution in [2.24, 2.45) is 5.92 Å². The summed E-state index contributed by atoms with van der Waals surface area (Å²) in [5, 5.41) is 0. The van der Waals surface area contributed by atoms with Crippen LogP contribution in [0.4, 0.5) is 4.79 Å². The van der Waals surface area contributed by atoms with E-state index in [-0.39, 0.29) is 12.5 Å². The highest BCUT2D eigenvalue weighted by atomic mass is 32.2. The van der Waals surface area contributed by atoms with Crippen LogP contribution in [0.5, 0.6) is 0 Å². The second-order valence-electron chi connectivity index (χ2n) is 6.86. The van der Waals surface area contributed by atoms with Gasteiger partial charge in [-0.15, -0.1) is 0 Å². The molecule has 0 aromatic rings. The van der Waals surface area contributed by atoms with Crippen LogP contribution in [-0.4, -0.2) is 50.6 Å². The summed E-state index contributed by atoms with van der Waals surface area (Å²) in [4.78, 5) is 23.7. The average Bonchev–Trinajstić information content (AvgIpc) is 2.48. The maximum Gasteiger partial charge on any atom is 0.425 e. The molecule has 148 valence electrons. The summed E-state index contributed by atoms with van der Waals surface area (Å²) in [6.07, 6.45) is 2.38. The van der Waals surface area contributed by atoms with Crippen LogP contribution in [0.1, 0.15) is 60.3 Å². The van der Waals surface area contributed by atoms with Crippen LogP contribution in [0.25, 0.3) is 0 Å². The van der Waals surface area contributed by atoms with Gasteiger partial charge in [-0.1, -0.05) is 26.7 Å². The summed E-state index contributed by atoms with van der Waals surface area (Å²) in [5.74, 6) is -0.719. The van der Waals surface area contributed by atoms with Gasteiger partial charge in [-0.25, -0.2) is 4.79 Å². The third kappa shape index (κ3) is 9.64. The Labute approximate surface area is 151 Å². The lowest BCUT2D eigenvalue weighted by Gasteiger charge is -2.29. The molecule has 0 aliphatic carbocycles. The van der Waals surface area contributed by atoms with Crippen molar-refractivity contribution in [3.05, 3.63) is 0 Å². The molecule has 9 heteroatoms. The largest absolute Gasteiger partial charge is 0.468 e. The SMILES string of the molecule is CCCC(CCC)CN(C(=O)OC(C)(C)C)S(=O)(=O)NCC(=O)OC. The summed E-state index contributed by atoms with van der Waals surface area (Å²) in [6.45, 7) is 8.44. The first-order valence-corrected chi connectivity index (χ1v) is 9.97. The van der Waals surface area contributed by atoms with E-state index in [4.69, 9.17) is 4.74 Å². The molecule has 8 nitrogen and oxygen atoms in total. The highest BCUT2D eigenvalue weighted by Crippen LogP contribution is 2.19. The third-order valence-corrected chi connectivity index (χ3v) is 4.72. The molecular formula is C16H32N2O6S. The highest BCUT2D eigenvalue weighted by Gasteiger charge is 2.33. The Morgan fingerprint density at radius 2 is 1.64 bits per heavy atom. The van der Waals surface area contributed by atoms with Crippen LogP contribution in [0.15, 0.2) is 0 Å². The monoisotopic (exact) mass is 380 g/mol. The maximum atomic E-state index is 12.5. The van der Waals surface area contributed by atoms with Crippen molar-refractivity contribution in [2.75, 3.05) is 20.2 Å².